The van der Waals surface area contributed by atoms with Crippen LogP contribution in [0.3, 0.4) is 0 Å². The molecular formula is C15H21ClN2O. The molecule has 0 atom stereocenters. The molecule has 19 heavy (non-hydrogen) atoms. The van der Waals surface area contributed by atoms with Gasteiger partial charge < -0.3 is 14.6 Å². The monoisotopic (exact) mass is 280 g/mol. The van der Waals surface area contributed by atoms with Gasteiger partial charge in [0.15, 0.2) is 0 Å². The van der Waals surface area contributed by atoms with Crippen molar-refractivity contribution in [3.05, 3.63) is 35.5 Å². The molecule has 0 fully saturated rings. The van der Waals surface area contributed by atoms with Gasteiger partial charge in [0.1, 0.15) is 0 Å². The van der Waals surface area contributed by atoms with E-state index in [2.05, 4.69) is 22.0 Å². The van der Waals surface area contributed by atoms with Gasteiger partial charge in [-0.25, -0.2) is 0 Å². The Morgan fingerprint density at radius 1 is 1.26 bits per heavy atom. The summed E-state index contributed by atoms with van der Waals surface area (Å²) in [5.41, 5.74) is 1.20. The average molecular weight is 281 g/mol. The van der Waals surface area contributed by atoms with Crippen molar-refractivity contribution >= 4 is 22.5 Å². The molecule has 0 saturated carbocycles. The molecule has 0 aliphatic rings. The third-order valence-electron chi connectivity index (χ3n) is 3.12. The van der Waals surface area contributed by atoms with Crippen LogP contribution in [0.15, 0.2) is 30.5 Å². The first-order valence-corrected chi connectivity index (χ1v) is 7.22. The molecule has 0 unspecified atom stereocenters. The van der Waals surface area contributed by atoms with Gasteiger partial charge in [-0.3, -0.25) is 0 Å². The summed E-state index contributed by atoms with van der Waals surface area (Å²) in [6, 6.07) is 8.23. The van der Waals surface area contributed by atoms with E-state index < -0.39 is 0 Å². The van der Waals surface area contributed by atoms with Crippen molar-refractivity contribution in [2.75, 3.05) is 26.3 Å². The summed E-state index contributed by atoms with van der Waals surface area (Å²) in [5.74, 6) is 0. The SMILES string of the molecule is CCOCCCNCCn1cc(Cl)c2ccccc21. The number of nitrogens with zero attached hydrogens (tertiary/aromatic N) is 1. The highest BCUT2D eigenvalue weighted by molar-refractivity contribution is 6.35. The number of halogens is 1. The summed E-state index contributed by atoms with van der Waals surface area (Å²) >= 11 is 6.22. The molecule has 1 aromatic carbocycles. The van der Waals surface area contributed by atoms with Crippen LogP contribution in [0, 0.1) is 0 Å². The molecule has 2 aromatic rings. The van der Waals surface area contributed by atoms with Crippen molar-refractivity contribution in [3.63, 3.8) is 0 Å². The van der Waals surface area contributed by atoms with E-state index in [4.69, 9.17) is 16.3 Å². The first kappa shape index (κ1) is 14.4. The van der Waals surface area contributed by atoms with Crippen molar-refractivity contribution in [1.29, 1.82) is 0 Å². The van der Waals surface area contributed by atoms with Crippen LogP contribution >= 0.6 is 11.6 Å². The number of benzene rings is 1. The maximum absolute atomic E-state index is 6.22. The van der Waals surface area contributed by atoms with Gasteiger partial charge in [0.05, 0.1) is 5.02 Å². The van der Waals surface area contributed by atoms with Crippen LogP contribution < -0.4 is 5.32 Å². The second-order valence-electron chi connectivity index (χ2n) is 4.49. The highest BCUT2D eigenvalue weighted by Crippen LogP contribution is 2.25. The predicted octanol–water partition coefficient (Wildman–Crippen LogP) is 3.31. The van der Waals surface area contributed by atoms with E-state index in [-0.39, 0.29) is 0 Å². The van der Waals surface area contributed by atoms with Crippen LogP contribution in [0.4, 0.5) is 0 Å². The van der Waals surface area contributed by atoms with Crippen molar-refractivity contribution in [2.45, 2.75) is 19.9 Å². The molecule has 1 aromatic heterocycles. The Morgan fingerprint density at radius 2 is 2.11 bits per heavy atom. The zero-order chi connectivity index (χ0) is 13.5. The normalized spacial score (nSPS) is 11.3. The lowest BCUT2D eigenvalue weighted by atomic mass is 10.2. The number of aromatic nitrogens is 1. The minimum atomic E-state index is 0.799. The Morgan fingerprint density at radius 3 is 2.95 bits per heavy atom. The van der Waals surface area contributed by atoms with Crippen LogP contribution in [-0.4, -0.2) is 30.9 Å². The molecule has 3 nitrogen and oxygen atoms in total. The molecule has 4 heteroatoms. The highest BCUT2D eigenvalue weighted by Gasteiger charge is 2.04. The fourth-order valence-electron chi connectivity index (χ4n) is 2.16. The number of fused-ring (bicyclic) bond motifs is 1. The molecule has 1 N–H and O–H groups in total. The molecule has 0 bridgehead atoms. The van der Waals surface area contributed by atoms with Crippen LogP contribution in [0.25, 0.3) is 10.9 Å². The van der Waals surface area contributed by atoms with Crippen molar-refractivity contribution in [3.8, 4) is 0 Å². The zero-order valence-electron chi connectivity index (χ0n) is 11.4. The summed E-state index contributed by atoms with van der Waals surface area (Å²) in [4.78, 5) is 0. The summed E-state index contributed by atoms with van der Waals surface area (Å²) < 4.78 is 7.50. The molecule has 0 aliphatic heterocycles. The van der Waals surface area contributed by atoms with Crippen molar-refractivity contribution < 1.29 is 4.74 Å². The van der Waals surface area contributed by atoms with Gasteiger partial charge in [-0.05, 0) is 26.0 Å². The Labute approximate surface area is 119 Å². The van der Waals surface area contributed by atoms with Gasteiger partial charge in [0.25, 0.3) is 0 Å². The van der Waals surface area contributed by atoms with Crippen molar-refractivity contribution in [2.24, 2.45) is 0 Å². The van der Waals surface area contributed by atoms with E-state index in [1.807, 2.05) is 25.3 Å². The largest absolute Gasteiger partial charge is 0.382 e. The fraction of sp³-hybridized carbons (Fsp3) is 0.467. The van der Waals surface area contributed by atoms with E-state index in [1.165, 1.54) is 5.52 Å². The molecule has 0 saturated heterocycles. The Balaban J connectivity index is 1.79. The Kier molecular flexibility index (Phi) is 5.70. The Hall–Kier alpha value is -1.03. The number of hydrogen-bond acceptors (Lipinski definition) is 2. The number of hydrogen-bond donors (Lipinski definition) is 1. The number of ether oxygens (including phenoxy) is 1. The minimum Gasteiger partial charge on any atom is -0.382 e. The predicted molar refractivity (Wildman–Crippen MR) is 80.9 cm³/mol. The van der Waals surface area contributed by atoms with E-state index in [9.17, 15) is 0 Å². The molecule has 104 valence electrons. The number of rotatable bonds is 8. The summed E-state index contributed by atoms with van der Waals surface area (Å²) in [5, 5.41) is 5.37. The molecule has 0 spiro atoms. The maximum Gasteiger partial charge on any atom is 0.0661 e. The second-order valence-corrected chi connectivity index (χ2v) is 4.90. The molecule has 0 amide bonds. The van der Waals surface area contributed by atoms with Crippen LogP contribution in [0.2, 0.25) is 5.02 Å². The molecule has 1 heterocycles. The van der Waals surface area contributed by atoms with E-state index in [0.717, 1.165) is 49.7 Å². The van der Waals surface area contributed by atoms with Gasteiger partial charge in [-0.1, -0.05) is 29.8 Å². The van der Waals surface area contributed by atoms with Crippen LogP contribution in [0.5, 0.6) is 0 Å². The smallest absolute Gasteiger partial charge is 0.0661 e. The highest BCUT2D eigenvalue weighted by atomic mass is 35.5. The lowest BCUT2D eigenvalue weighted by Crippen LogP contribution is -2.21. The molecule has 0 radical (unpaired) electrons. The first-order valence-electron chi connectivity index (χ1n) is 6.84. The average Bonchev–Trinajstić information content (AvgIpc) is 2.75. The molecule has 0 aliphatic carbocycles. The third kappa shape index (κ3) is 3.96. The maximum atomic E-state index is 6.22. The lowest BCUT2D eigenvalue weighted by Gasteiger charge is -2.07. The zero-order valence-corrected chi connectivity index (χ0v) is 12.1. The number of para-hydroxylation sites is 1. The van der Waals surface area contributed by atoms with E-state index in [1.54, 1.807) is 0 Å². The minimum absolute atomic E-state index is 0.799. The van der Waals surface area contributed by atoms with Gasteiger partial charge >= 0.3 is 0 Å². The van der Waals surface area contributed by atoms with Crippen molar-refractivity contribution in [1.82, 2.24) is 9.88 Å². The topological polar surface area (TPSA) is 26.2 Å². The van der Waals surface area contributed by atoms with E-state index in [0.29, 0.717) is 0 Å². The Bertz CT molecular complexity index is 510. The quantitative estimate of drug-likeness (QED) is 0.751. The second kappa shape index (κ2) is 7.53. The van der Waals surface area contributed by atoms with Gasteiger partial charge in [-0.2, -0.15) is 0 Å². The van der Waals surface area contributed by atoms with Crippen LogP contribution in [0.1, 0.15) is 13.3 Å². The summed E-state index contributed by atoms with van der Waals surface area (Å²) in [7, 11) is 0. The standard InChI is InChI=1S/C15H21ClN2O/c1-2-19-11-5-8-17-9-10-18-12-14(16)13-6-3-4-7-15(13)18/h3-4,6-7,12,17H,2,5,8-11H2,1H3. The molecule has 2 rings (SSSR count). The fourth-order valence-corrected chi connectivity index (χ4v) is 2.43. The summed E-state index contributed by atoms with van der Waals surface area (Å²) in [6.45, 7) is 6.53. The van der Waals surface area contributed by atoms with Gasteiger partial charge in [0, 0.05) is 43.4 Å². The summed E-state index contributed by atoms with van der Waals surface area (Å²) in [6.07, 6.45) is 3.06. The third-order valence-corrected chi connectivity index (χ3v) is 3.42. The molecular weight excluding hydrogens is 260 g/mol. The number of nitrogens with one attached hydrogen (secondary N) is 1. The first-order chi connectivity index (χ1) is 9.33. The van der Waals surface area contributed by atoms with Crippen LogP contribution in [-0.2, 0) is 11.3 Å². The van der Waals surface area contributed by atoms with Gasteiger partial charge in [0.2, 0.25) is 0 Å². The van der Waals surface area contributed by atoms with E-state index >= 15 is 0 Å². The van der Waals surface area contributed by atoms with Gasteiger partial charge in [-0.15, -0.1) is 0 Å². The lowest BCUT2D eigenvalue weighted by molar-refractivity contribution is 0.145.